The Morgan fingerprint density at radius 1 is 1.42 bits per heavy atom. The first-order valence-electron chi connectivity index (χ1n) is 6.95. The van der Waals surface area contributed by atoms with E-state index in [0.717, 1.165) is 31.7 Å². The summed E-state index contributed by atoms with van der Waals surface area (Å²) in [6.07, 6.45) is 2.19. The molecule has 0 fully saturated rings. The van der Waals surface area contributed by atoms with Crippen molar-refractivity contribution in [2.45, 2.75) is 39.0 Å². The van der Waals surface area contributed by atoms with Crippen LogP contribution in [0.15, 0.2) is 18.2 Å². The van der Waals surface area contributed by atoms with Gasteiger partial charge in [-0.25, -0.2) is 0 Å². The molecule has 0 bridgehead atoms. The largest absolute Gasteiger partial charge is 0.493 e. The number of aryl methyl sites for hydroxylation is 1. The molecule has 104 valence electrons. The molecule has 1 N–H and O–H groups in total. The van der Waals surface area contributed by atoms with Crippen LogP contribution in [-0.4, -0.2) is 25.5 Å². The summed E-state index contributed by atoms with van der Waals surface area (Å²) in [5.41, 5.74) is 2.62. The number of hydrogen-bond acceptors (Lipinski definition) is 3. The van der Waals surface area contributed by atoms with Gasteiger partial charge in [0.2, 0.25) is 0 Å². The first kappa shape index (κ1) is 14.1. The average molecular weight is 261 g/mol. The number of hydrogen-bond donors (Lipinski definition) is 1. The summed E-state index contributed by atoms with van der Waals surface area (Å²) in [6.45, 7) is 8.08. The lowest BCUT2D eigenvalue weighted by Crippen LogP contribution is -2.35. The van der Waals surface area contributed by atoms with Gasteiger partial charge in [-0.15, -0.1) is 0 Å². The van der Waals surface area contributed by atoms with Crippen LogP contribution in [0.3, 0.4) is 0 Å². The molecule has 1 aromatic carbocycles. The van der Waals surface area contributed by atoms with Crippen molar-refractivity contribution in [3.63, 3.8) is 0 Å². The number of carbonyl (C=O) groups is 1. The molecule has 1 heterocycles. The smallest absolute Gasteiger partial charge is 0.143 e. The lowest BCUT2D eigenvalue weighted by molar-refractivity contribution is -0.116. The Labute approximate surface area is 115 Å². The topological polar surface area (TPSA) is 38.3 Å². The van der Waals surface area contributed by atoms with E-state index in [4.69, 9.17) is 4.74 Å². The Kier molecular flexibility index (Phi) is 4.25. The van der Waals surface area contributed by atoms with E-state index < -0.39 is 0 Å². The van der Waals surface area contributed by atoms with Gasteiger partial charge in [-0.2, -0.15) is 0 Å². The van der Waals surface area contributed by atoms with Crippen molar-refractivity contribution in [2.75, 3.05) is 19.7 Å². The van der Waals surface area contributed by atoms with Crippen LogP contribution >= 0.6 is 0 Å². The van der Waals surface area contributed by atoms with Crippen molar-refractivity contribution in [1.29, 1.82) is 0 Å². The standard InChI is InChI=1S/C16H23NO2/c1-12(18)10-17-11-16(2,3)14-6-7-15-13(9-14)5-4-8-19-15/h6-7,9,17H,4-5,8,10-11H2,1-3H3. The molecule has 0 spiro atoms. The summed E-state index contributed by atoms with van der Waals surface area (Å²) in [5.74, 6) is 1.21. The van der Waals surface area contributed by atoms with Crippen molar-refractivity contribution in [3.05, 3.63) is 29.3 Å². The zero-order valence-corrected chi connectivity index (χ0v) is 12.1. The Morgan fingerprint density at radius 3 is 2.95 bits per heavy atom. The van der Waals surface area contributed by atoms with Gasteiger partial charge in [0.15, 0.2) is 0 Å². The number of fused-ring (bicyclic) bond motifs is 1. The number of carbonyl (C=O) groups excluding carboxylic acids is 1. The van der Waals surface area contributed by atoms with E-state index in [9.17, 15) is 4.79 Å². The molecule has 0 aromatic heterocycles. The third-order valence-corrected chi connectivity index (χ3v) is 3.63. The molecule has 0 saturated carbocycles. The van der Waals surface area contributed by atoms with Crippen LogP contribution in [0.2, 0.25) is 0 Å². The van der Waals surface area contributed by atoms with Crippen LogP contribution in [0, 0.1) is 0 Å². The second-order valence-electron chi connectivity index (χ2n) is 5.96. The van der Waals surface area contributed by atoms with E-state index >= 15 is 0 Å². The normalized spacial score (nSPS) is 14.7. The quantitative estimate of drug-likeness (QED) is 0.885. The summed E-state index contributed by atoms with van der Waals surface area (Å²) in [5, 5.41) is 3.22. The number of ketones is 1. The molecule has 0 atom stereocenters. The minimum absolute atomic E-state index is 0.0158. The predicted octanol–water partition coefficient (Wildman–Crippen LogP) is 2.47. The van der Waals surface area contributed by atoms with Crippen molar-refractivity contribution in [3.8, 4) is 5.75 Å². The van der Waals surface area contributed by atoms with Crippen molar-refractivity contribution < 1.29 is 9.53 Å². The van der Waals surface area contributed by atoms with Gasteiger partial charge in [0.1, 0.15) is 11.5 Å². The SMILES string of the molecule is CC(=O)CNCC(C)(C)c1ccc2c(c1)CCCO2. The van der Waals surface area contributed by atoms with Crippen LogP contribution < -0.4 is 10.1 Å². The molecule has 3 heteroatoms. The zero-order valence-electron chi connectivity index (χ0n) is 12.1. The fourth-order valence-electron chi connectivity index (χ4n) is 2.43. The summed E-state index contributed by atoms with van der Waals surface area (Å²) in [4.78, 5) is 11.0. The van der Waals surface area contributed by atoms with Crippen LogP contribution in [0.5, 0.6) is 5.75 Å². The molecule has 3 nitrogen and oxygen atoms in total. The lowest BCUT2D eigenvalue weighted by atomic mass is 9.83. The third-order valence-electron chi connectivity index (χ3n) is 3.63. The monoisotopic (exact) mass is 261 g/mol. The second kappa shape index (κ2) is 5.74. The van der Waals surface area contributed by atoms with Gasteiger partial charge >= 0.3 is 0 Å². The van der Waals surface area contributed by atoms with Crippen molar-refractivity contribution in [1.82, 2.24) is 5.32 Å². The molecule has 1 aliphatic heterocycles. The molecular weight excluding hydrogens is 238 g/mol. The maximum atomic E-state index is 11.0. The van der Waals surface area contributed by atoms with Gasteiger partial charge in [-0.1, -0.05) is 26.0 Å². The van der Waals surface area contributed by atoms with Crippen LogP contribution in [0.1, 0.15) is 38.3 Å². The van der Waals surface area contributed by atoms with Crippen molar-refractivity contribution in [2.24, 2.45) is 0 Å². The van der Waals surface area contributed by atoms with Crippen molar-refractivity contribution >= 4 is 5.78 Å². The molecule has 0 radical (unpaired) electrons. The summed E-state index contributed by atoms with van der Waals surface area (Å²) < 4.78 is 5.64. The highest BCUT2D eigenvalue weighted by Crippen LogP contribution is 2.30. The molecule has 1 aromatic rings. The van der Waals surface area contributed by atoms with E-state index in [2.05, 4.69) is 37.4 Å². The van der Waals surface area contributed by atoms with Gasteiger partial charge < -0.3 is 10.1 Å². The lowest BCUT2D eigenvalue weighted by Gasteiger charge is -2.27. The van der Waals surface area contributed by atoms with Gasteiger partial charge in [-0.3, -0.25) is 4.79 Å². The Bertz CT molecular complexity index is 466. The highest BCUT2D eigenvalue weighted by Gasteiger charge is 2.22. The molecule has 0 saturated heterocycles. The molecule has 0 unspecified atom stereocenters. The van der Waals surface area contributed by atoms with E-state index in [1.54, 1.807) is 6.92 Å². The Morgan fingerprint density at radius 2 is 2.21 bits per heavy atom. The number of ether oxygens (including phenoxy) is 1. The summed E-state index contributed by atoms with van der Waals surface area (Å²) in [7, 11) is 0. The fraction of sp³-hybridized carbons (Fsp3) is 0.562. The summed E-state index contributed by atoms with van der Waals surface area (Å²) in [6, 6.07) is 6.47. The minimum atomic E-state index is 0.0158. The maximum Gasteiger partial charge on any atom is 0.143 e. The molecule has 0 amide bonds. The van der Waals surface area contributed by atoms with Crippen LogP contribution in [-0.2, 0) is 16.6 Å². The number of Topliss-reactive ketones (excluding diaryl/α,β-unsaturated/α-hetero) is 1. The first-order chi connectivity index (χ1) is 8.99. The molecule has 19 heavy (non-hydrogen) atoms. The first-order valence-corrected chi connectivity index (χ1v) is 6.95. The van der Waals surface area contributed by atoms with E-state index in [0.29, 0.717) is 6.54 Å². The molecule has 1 aliphatic rings. The number of nitrogens with one attached hydrogen (secondary N) is 1. The Balaban J connectivity index is 2.09. The molecule has 0 aliphatic carbocycles. The summed E-state index contributed by atoms with van der Waals surface area (Å²) >= 11 is 0. The second-order valence-corrected chi connectivity index (χ2v) is 5.96. The highest BCUT2D eigenvalue weighted by atomic mass is 16.5. The number of benzene rings is 1. The average Bonchev–Trinajstić information content (AvgIpc) is 2.37. The van der Waals surface area contributed by atoms with Crippen LogP contribution in [0.25, 0.3) is 0 Å². The minimum Gasteiger partial charge on any atom is -0.493 e. The third kappa shape index (κ3) is 3.57. The zero-order chi connectivity index (χ0) is 13.9. The van der Waals surface area contributed by atoms with E-state index in [-0.39, 0.29) is 11.2 Å². The number of rotatable bonds is 5. The van der Waals surface area contributed by atoms with Gasteiger partial charge in [0, 0.05) is 12.0 Å². The highest BCUT2D eigenvalue weighted by molar-refractivity contribution is 5.77. The fourth-order valence-corrected chi connectivity index (χ4v) is 2.43. The van der Waals surface area contributed by atoms with E-state index in [1.165, 1.54) is 11.1 Å². The molecular formula is C16H23NO2. The van der Waals surface area contributed by atoms with Gasteiger partial charge in [-0.05, 0) is 37.0 Å². The Hall–Kier alpha value is -1.35. The van der Waals surface area contributed by atoms with Gasteiger partial charge in [0.05, 0.1) is 13.2 Å². The van der Waals surface area contributed by atoms with E-state index in [1.807, 2.05) is 0 Å². The predicted molar refractivity (Wildman–Crippen MR) is 76.8 cm³/mol. The van der Waals surface area contributed by atoms with Gasteiger partial charge in [0.25, 0.3) is 0 Å². The van der Waals surface area contributed by atoms with Crippen LogP contribution in [0.4, 0.5) is 0 Å². The molecule has 2 rings (SSSR count). The maximum absolute atomic E-state index is 11.0.